The number of nitrogens with zero attached hydrogens (tertiary/aromatic N) is 1. The Morgan fingerprint density at radius 1 is 1.30 bits per heavy atom. The molecule has 0 saturated carbocycles. The van der Waals surface area contributed by atoms with Crippen LogP contribution in [-0.4, -0.2) is 12.2 Å². The van der Waals surface area contributed by atoms with E-state index in [1.54, 1.807) is 12.1 Å². The van der Waals surface area contributed by atoms with Gasteiger partial charge in [0, 0.05) is 10.2 Å². The van der Waals surface area contributed by atoms with Crippen molar-refractivity contribution in [3.05, 3.63) is 51.9 Å². The third-order valence-electron chi connectivity index (χ3n) is 2.53. The summed E-state index contributed by atoms with van der Waals surface area (Å²) in [4.78, 5) is 11.6. The average Bonchev–Trinajstić information content (AvgIpc) is 2.80. The van der Waals surface area contributed by atoms with Crippen LogP contribution >= 0.6 is 15.9 Å². The number of furan rings is 1. The van der Waals surface area contributed by atoms with Crippen molar-refractivity contribution in [2.45, 2.75) is 13.8 Å². The van der Waals surface area contributed by atoms with E-state index in [2.05, 4.69) is 31.8 Å². The van der Waals surface area contributed by atoms with Gasteiger partial charge in [-0.15, -0.1) is 0 Å². The molecule has 1 aromatic carbocycles. The van der Waals surface area contributed by atoms with Crippen LogP contribution in [0.3, 0.4) is 0 Å². The fourth-order valence-corrected chi connectivity index (χ4v) is 1.81. The van der Waals surface area contributed by atoms with Crippen LogP contribution in [0.25, 0.3) is 0 Å². The van der Waals surface area contributed by atoms with E-state index in [1.165, 1.54) is 6.21 Å². The number of anilines is 1. The van der Waals surface area contributed by atoms with Crippen LogP contribution in [-0.2, 0) is 0 Å². The maximum atomic E-state index is 11.6. The molecule has 1 aromatic heterocycles. The highest BCUT2D eigenvalue weighted by Gasteiger charge is 2.02. The van der Waals surface area contributed by atoms with Gasteiger partial charge < -0.3 is 9.73 Å². The Labute approximate surface area is 125 Å². The van der Waals surface area contributed by atoms with Crippen molar-refractivity contribution in [1.82, 2.24) is 5.43 Å². The number of carbonyl (C=O) groups excluding carboxylic acids is 1. The second-order valence-corrected chi connectivity index (χ2v) is 5.09. The molecule has 0 spiro atoms. The summed E-state index contributed by atoms with van der Waals surface area (Å²) in [6.45, 7) is 3.79. The Balaban J connectivity index is 1.89. The SMILES string of the molecule is Cc1ccc(/C=N/NC(=O)Nc2ccc(Br)c(C)c2)o1. The van der Waals surface area contributed by atoms with Crippen molar-refractivity contribution in [2.24, 2.45) is 5.10 Å². The molecule has 0 aliphatic rings. The van der Waals surface area contributed by atoms with E-state index < -0.39 is 6.03 Å². The number of urea groups is 1. The number of rotatable bonds is 3. The number of hydrazone groups is 1. The lowest BCUT2D eigenvalue weighted by Crippen LogP contribution is -2.24. The molecule has 2 amide bonds. The molecule has 2 N–H and O–H groups in total. The fourth-order valence-electron chi connectivity index (χ4n) is 1.56. The number of halogens is 1. The Hall–Kier alpha value is -2.08. The molecule has 5 nitrogen and oxygen atoms in total. The third-order valence-corrected chi connectivity index (χ3v) is 3.42. The van der Waals surface area contributed by atoms with Gasteiger partial charge in [0.05, 0.1) is 6.21 Å². The third kappa shape index (κ3) is 3.96. The van der Waals surface area contributed by atoms with Gasteiger partial charge in [0.1, 0.15) is 11.5 Å². The van der Waals surface area contributed by atoms with Gasteiger partial charge in [0.2, 0.25) is 0 Å². The van der Waals surface area contributed by atoms with Crippen LogP contribution < -0.4 is 10.7 Å². The standard InChI is InChI=1S/C14H14BrN3O2/c1-9-7-11(4-6-13(9)15)17-14(19)18-16-8-12-5-3-10(2)20-12/h3-8H,1-2H3,(H2,17,18,19)/b16-8+. The summed E-state index contributed by atoms with van der Waals surface area (Å²) in [7, 11) is 0. The molecular formula is C14H14BrN3O2. The second kappa shape index (κ2) is 6.38. The van der Waals surface area contributed by atoms with Crippen molar-refractivity contribution < 1.29 is 9.21 Å². The first-order valence-corrected chi connectivity index (χ1v) is 6.76. The van der Waals surface area contributed by atoms with Crippen molar-refractivity contribution in [3.63, 3.8) is 0 Å². The van der Waals surface area contributed by atoms with Gasteiger partial charge >= 0.3 is 6.03 Å². The molecule has 6 heteroatoms. The molecule has 0 unspecified atom stereocenters. The van der Waals surface area contributed by atoms with Crippen LogP contribution in [0.15, 0.2) is 44.3 Å². The topological polar surface area (TPSA) is 66.6 Å². The van der Waals surface area contributed by atoms with E-state index in [0.717, 1.165) is 15.8 Å². The molecule has 0 radical (unpaired) electrons. The van der Waals surface area contributed by atoms with Crippen LogP contribution in [0.5, 0.6) is 0 Å². The Morgan fingerprint density at radius 3 is 2.75 bits per heavy atom. The van der Waals surface area contributed by atoms with Crippen LogP contribution in [0, 0.1) is 13.8 Å². The smallest absolute Gasteiger partial charge is 0.339 e. The molecule has 0 bridgehead atoms. The average molecular weight is 336 g/mol. The van der Waals surface area contributed by atoms with Gasteiger partial charge in [0.25, 0.3) is 0 Å². The highest BCUT2D eigenvalue weighted by molar-refractivity contribution is 9.10. The zero-order valence-electron chi connectivity index (χ0n) is 11.1. The number of amides is 2. The van der Waals surface area contributed by atoms with E-state index in [4.69, 9.17) is 4.42 Å². The number of carbonyl (C=O) groups is 1. The molecule has 0 aliphatic carbocycles. The quantitative estimate of drug-likeness (QED) is 0.661. The number of benzene rings is 1. The van der Waals surface area contributed by atoms with Gasteiger partial charge in [-0.1, -0.05) is 15.9 Å². The van der Waals surface area contributed by atoms with Crippen LogP contribution in [0.4, 0.5) is 10.5 Å². The first kappa shape index (κ1) is 14.3. The van der Waals surface area contributed by atoms with Gasteiger partial charge in [0.15, 0.2) is 0 Å². The molecule has 1 heterocycles. The van der Waals surface area contributed by atoms with Crippen molar-refractivity contribution in [1.29, 1.82) is 0 Å². The van der Waals surface area contributed by atoms with Gasteiger partial charge in [-0.05, 0) is 49.7 Å². The molecule has 0 fully saturated rings. The van der Waals surface area contributed by atoms with Crippen molar-refractivity contribution in [2.75, 3.05) is 5.32 Å². The molecule has 104 valence electrons. The second-order valence-electron chi connectivity index (χ2n) is 4.24. The molecule has 2 aromatic rings. The van der Waals surface area contributed by atoms with Crippen LogP contribution in [0.2, 0.25) is 0 Å². The maximum Gasteiger partial charge on any atom is 0.339 e. The molecule has 0 atom stereocenters. The lowest BCUT2D eigenvalue weighted by Gasteiger charge is -2.05. The normalized spacial score (nSPS) is 10.8. The highest BCUT2D eigenvalue weighted by atomic mass is 79.9. The summed E-state index contributed by atoms with van der Waals surface area (Å²) in [5.41, 5.74) is 4.11. The Kier molecular flexibility index (Phi) is 4.57. The minimum Gasteiger partial charge on any atom is -0.460 e. The van der Waals surface area contributed by atoms with Crippen molar-refractivity contribution >= 4 is 33.9 Å². The van der Waals surface area contributed by atoms with Crippen LogP contribution in [0.1, 0.15) is 17.1 Å². The Morgan fingerprint density at radius 2 is 2.10 bits per heavy atom. The van der Waals surface area contributed by atoms with E-state index in [9.17, 15) is 4.79 Å². The van der Waals surface area contributed by atoms with Gasteiger partial charge in [-0.2, -0.15) is 5.10 Å². The molecule has 20 heavy (non-hydrogen) atoms. The highest BCUT2D eigenvalue weighted by Crippen LogP contribution is 2.19. The maximum absolute atomic E-state index is 11.6. The summed E-state index contributed by atoms with van der Waals surface area (Å²) in [6.07, 6.45) is 1.44. The summed E-state index contributed by atoms with van der Waals surface area (Å²) in [5.74, 6) is 1.38. The number of hydrogen-bond donors (Lipinski definition) is 2. The van der Waals surface area contributed by atoms with Gasteiger partial charge in [-0.25, -0.2) is 10.2 Å². The van der Waals surface area contributed by atoms with E-state index in [0.29, 0.717) is 11.4 Å². The monoisotopic (exact) mass is 335 g/mol. The lowest BCUT2D eigenvalue weighted by molar-refractivity contribution is 0.252. The first-order chi connectivity index (χ1) is 9.54. The summed E-state index contributed by atoms with van der Waals surface area (Å²) < 4.78 is 6.28. The zero-order chi connectivity index (χ0) is 14.5. The summed E-state index contributed by atoms with van der Waals surface area (Å²) in [5, 5.41) is 6.49. The predicted octanol–water partition coefficient (Wildman–Crippen LogP) is 3.81. The predicted molar refractivity (Wildman–Crippen MR) is 82.1 cm³/mol. The van der Waals surface area contributed by atoms with E-state index in [-0.39, 0.29) is 0 Å². The minimum atomic E-state index is -0.411. The first-order valence-electron chi connectivity index (χ1n) is 5.97. The molecular weight excluding hydrogens is 322 g/mol. The Bertz CT molecular complexity index is 650. The lowest BCUT2D eigenvalue weighted by atomic mass is 10.2. The number of aryl methyl sites for hydroxylation is 2. The summed E-state index contributed by atoms with van der Waals surface area (Å²) in [6, 6.07) is 8.73. The van der Waals surface area contributed by atoms with E-state index in [1.807, 2.05) is 32.0 Å². The molecule has 0 saturated heterocycles. The van der Waals surface area contributed by atoms with Crippen molar-refractivity contribution in [3.8, 4) is 0 Å². The zero-order valence-corrected chi connectivity index (χ0v) is 12.7. The van der Waals surface area contributed by atoms with E-state index >= 15 is 0 Å². The minimum absolute atomic E-state index is 0.411. The number of nitrogens with one attached hydrogen (secondary N) is 2. The fraction of sp³-hybridized carbons (Fsp3) is 0.143. The molecule has 2 rings (SSSR count). The molecule has 0 aliphatic heterocycles. The summed E-state index contributed by atoms with van der Waals surface area (Å²) >= 11 is 3.40. The van der Waals surface area contributed by atoms with Gasteiger partial charge in [-0.3, -0.25) is 0 Å². The largest absolute Gasteiger partial charge is 0.460 e. The number of hydrogen-bond acceptors (Lipinski definition) is 3.